The second-order valence-electron chi connectivity index (χ2n) is 4.16. The second-order valence-corrected chi connectivity index (χ2v) is 4.16. The number of nitrogens with one attached hydrogen (secondary N) is 1. The number of hydrogen-bond donors (Lipinski definition) is 3. The Balaban J connectivity index is 2.62. The van der Waals surface area contributed by atoms with Gasteiger partial charge in [-0.2, -0.15) is 0 Å². The Morgan fingerprint density at radius 1 is 1.58 bits per heavy atom. The largest absolute Gasteiger partial charge is 0.480 e. The van der Waals surface area contributed by atoms with Crippen LogP contribution < -0.4 is 11.1 Å². The van der Waals surface area contributed by atoms with E-state index in [1.807, 2.05) is 6.92 Å². The number of rotatable bonds is 8. The van der Waals surface area contributed by atoms with Gasteiger partial charge in [0.05, 0.1) is 12.7 Å². The molecule has 1 unspecified atom stereocenters. The van der Waals surface area contributed by atoms with Crippen molar-refractivity contribution in [2.75, 3.05) is 6.54 Å². The fraction of sp³-hybridized carbons (Fsp3) is 0.636. The molecule has 0 aliphatic rings. The molecule has 0 fully saturated rings. The van der Waals surface area contributed by atoms with Crippen LogP contribution in [0, 0.1) is 0 Å². The fourth-order valence-corrected chi connectivity index (χ4v) is 1.54. The first-order valence-electron chi connectivity index (χ1n) is 6.22. The van der Waals surface area contributed by atoms with E-state index in [-0.39, 0.29) is 5.69 Å². The van der Waals surface area contributed by atoms with Crippen LogP contribution in [-0.4, -0.2) is 44.6 Å². The maximum absolute atomic E-state index is 11.8. The Bertz CT molecular complexity index is 432. The average Bonchev–Trinajstić information content (AvgIpc) is 2.83. The van der Waals surface area contributed by atoms with E-state index in [9.17, 15) is 9.59 Å². The molecule has 0 aliphatic heterocycles. The molecule has 1 atom stereocenters. The smallest absolute Gasteiger partial charge is 0.326 e. The van der Waals surface area contributed by atoms with Gasteiger partial charge < -0.3 is 16.2 Å². The van der Waals surface area contributed by atoms with Crippen molar-refractivity contribution in [3.8, 4) is 0 Å². The number of nitrogens with two attached hydrogens (primary N) is 1. The minimum absolute atomic E-state index is 0.0937. The van der Waals surface area contributed by atoms with Crippen LogP contribution in [0.2, 0.25) is 0 Å². The number of carboxylic acid groups (broad SMARTS) is 1. The summed E-state index contributed by atoms with van der Waals surface area (Å²) in [6.07, 6.45) is 3.44. The van der Waals surface area contributed by atoms with Crippen molar-refractivity contribution in [2.24, 2.45) is 5.73 Å². The molecule has 106 valence electrons. The van der Waals surface area contributed by atoms with E-state index in [1.54, 1.807) is 0 Å². The molecule has 0 saturated carbocycles. The minimum Gasteiger partial charge on any atom is -0.480 e. The zero-order valence-electron chi connectivity index (χ0n) is 10.9. The van der Waals surface area contributed by atoms with Crippen molar-refractivity contribution in [2.45, 2.75) is 38.8 Å². The summed E-state index contributed by atoms with van der Waals surface area (Å²) in [6.45, 7) is 2.80. The summed E-state index contributed by atoms with van der Waals surface area (Å²) in [4.78, 5) is 22.8. The monoisotopic (exact) mass is 269 g/mol. The van der Waals surface area contributed by atoms with Crippen LogP contribution in [-0.2, 0) is 11.3 Å². The Labute approximate surface area is 111 Å². The number of carboxylic acids is 1. The number of carbonyl (C=O) groups is 2. The summed E-state index contributed by atoms with van der Waals surface area (Å²) in [5, 5.41) is 18.8. The number of unbranched alkanes of at least 4 members (excludes halogenated alkanes) is 1. The van der Waals surface area contributed by atoms with Crippen molar-refractivity contribution < 1.29 is 14.7 Å². The molecule has 1 aromatic heterocycles. The predicted octanol–water partition coefficient (Wildman–Crippen LogP) is -0.390. The molecule has 0 radical (unpaired) electrons. The summed E-state index contributed by atoms with van der Waals surface area (Å²) in [6, 6.07) is -0.896. The molecule has 0 aliphatic carbocycles. The molecule has 0 bridgehead atoms. The molecular weight excluding hydrogens is 250 g/mol. The maximum Gasteiger partial charge on any atom is 0.326 e. The Morgan fingerprint density at radius 3 is 2.89 bits per heavy atom. The van der Waals surface area contributed by atoms with Gasteiger partial charge in [0.2, 0.25) is 0 Å². The van der Waals surface area contributed by atoms with Gasteiger partial charge in [-0.3, -0.25) is 9.48 Å². The van der Waals surface area contributed by atoms with Crippen LogP contribution in [0.5, 0.6) is 0 Å². The lowest BCUT2D eigenvalue weighted by Gasteiger charge is -2.12. The summed E-state index contributed by atoms with van der Waals surface area (Å²) in [7, 11) is 0. The first kappa shape index (κ1) is 15.1. The van der Waals surface area contributed by atoms with Crippen LogP contribution in [0.4, 0.5) is 0 Å². The van der Waals surface area contributed by atoms with E-state index in [2.05, 4.69) is 15.6 Å². The molecule has 8 heteroatoms. The van der Waals surface area contributed by atoms with Gasteiger partial charge in [-0.05, 0) is 6.42 Å². The Morgan fingerprint density at radius 2 is 2.32 bits per heavy atom. The Hall–Kier alpha value is -1.96. The molecule has 0 spiro atoms. The van der Waals surface area contributed by atoms with E-state index in [4.69, 9.17) is 10.8 Å². The fourth-order valence-electron chi connectivity index (χ4n) is 1.54. The molecule has 1 aromatic rings. The van der Waals surface area contributed by atoms with E-state index < -0.39 is 17.9 Å². The third kappa shape index (κ3) is 4.66. The summed E-state index contributed by atoms with van der Waals surface area (Å²) >= 11 is 0. The third-order valence-corrected chi connectivity index (χ3v) is 2.58. The normalized spacial score (nSPS) is 12.1. The zero-order chi connectivity index (χ0) is 14.3. The van der Waals surface area contributed by atoms with Gasteiger partial charge in [-0.1, -0.05) is 25.0 Å². The zero-order valence-corrected chi connectivity index (χ0v) is 10.9. The molecule has 0 saturated heterocycles. The van der Waals surface area contributed by atoms with Crippen molar-refractivity contribution in [3.05, 3.63) is 11.9 Å². The highest BCUT2D eigenvalue weighted by molar-refractivity contribution is 5.94. The second kappa shape index (κ2) is 7.47. The van der Waals surface area contributed by atoms with Crippen molar-refractivity contribution in [1.82, 2.24) is 20.3 Å². The number of hydrogen-bond acceptors (Lipinski definition) is 5. The van der Waals surface area contributed by atoms with Crippen LogP contribution in [0.25, 0.3) is 0 Å². The van der Waals surface area contributed by atoms with Gasteiger partial charge in [0.1, 0.15) is 6.04 Å². The van der Waals surface area contributed by atoms with Crippen LogP contribution in [0.1, 0.15) is 36.7 Å². The van der Waals surface area contributed by atoms with E-state index >= 15 is 0 Å². The highest BCUT2D eigenvalue weighted by atomic mass is 16.4. The van der Waals surface area contributed by atoms with Crippen LogP contribution in [0.3, 0.4) is 0 Å². The van der Waals surface area contributed by atoms with Gasteiger partial charge >= 0.3 is 5.97 Å². The first-order chi connectivity index (χ1) is 9.08. The molecule has 1 rings (SSSR count). The minimum atomic E-state index is -1.05. The molecule has 1 heterocycles. The first-order valence-corrected chi connectivity index (χ1v) is 6.22. The molecule has 4 N–H and O–H groups in total. The highest BCUT2D eigenvalue weighted by Crippen LogP contribution is 2.02. The topological polar surface area (TPSA) is 123 Å². The van der Waals surface area contributed by atoms with E-state index in [1.165, 1.54) is 10.9 Å². The molecule has 1 amide bonds. The lowest BCUT2D eigenvalue weighted by Crippen LogP contribution is -2.40. The van der Waals surface area contributed by atoms with Crippen molar-refractivity contribution in [1.29, 1.82) is 0 Å². The number of carbonyl (C=O) groups excluding carboxylic acids is 1. The summed E-state index contributed by atoms with van der Waals surface area (Å²) in [5.74, 6) is -1.58. The lowest BCUT2D eigenvalue weighted by molar-refractivity contribution is -0.139. The van der Waals surface area contributed by atoms with E-state index in [0.29, 0.717) is 19.5 Å². The highest BCUT2D eigenvalue weighted by Gasteiger charge is 2.21. The van der Waals surface area contributed by atoms with Crippen LogP contribution in [0.15, 0.2) is 6.20 Å². The van der Waals surface area contributed by atoms with Crippen molar-refractivity contribution in [3.63, 3.8) is 0 Å². The standard InChI is InChI=1S/C11H19N5O3/c1-2-3-4-8(11(18)19)13-10(17)9-7-16(6-5-12)15-14-9/h7-8H,2-6,12H2,1H3,(H,13,17)(H,18,19). The molecule has 0 aromatic carbocycles. The van der Waals surface area contributed by atoms with Gasteiger partial charge in [-0.15, -0.1) is 5.10 Å². The summed E-state index contributed by atoms with van der Waals surface area (Å²) in [5.41, 5.74) is 5.45. The number of nitrogens with zero attached hydrogens (tertiary/aromatic N) is 3. The molecule has 19 heavy (non-hydrogen) atoms. The van der Waals surface area contributed by atoms with Gasteiger partial charge in [-0.25, -0.2) is 4.79 Å². The quantitative estimate of drug-likeness (QED) is 0.590. The third-order valence-electron chi connectivity index (χ3n) is 2.58. The number of aliphatic carboxylic acids is 1. The maximum atomic E-state index is 11.8. The number of aromatic nitrogens is 3. The van der Waals surface area contributed by atoms with Crippen molar-refractivity contribution >= 4 is 11.9 Å². The SMILES string of the molecule is CCCCC(NC(=O)c1cn(CCN)nn1)C(=O)O. The van der Waals surface area contributed by atoms with Gasteiger partial charge in [0.25, 0.3) is 5.91 Å². The summed E-state index contributed by atoms with van der Waals surface area (Å²) < 4.78 is 1.44. The molecule has 8 nitrogen and oxygen atoms in total. The van der Waals surface area contributed by atoms with Crippen LogP contribution >= 0.6 is 0 Å². The lowest BCUT2D eigenvalue weighted by atomic mass is 10.1. The van der Waals surface area contributed by atoms with Gasteiger partial charge in [0.15, 0.2) is 5.69 Å². The molecular formula is C11H19N5O3. The van der Waals surface area contributed by atoms with E-state index in [0.717, 1.165) is 12.8 Å². The number of amides is 1. The Kier molecular flexibility index (Phi) is 5.94. The van der Waals surface area contributed by atoms with Gasteiger partial charge in [0, 0.05) is 6.54 Å². The average molecular weight is 269 g/mol. The predicted molar refractivity (Wildman–Crippen MR) is 67.5 cm³/mol.